The maximum Gasteiger partial charge on any atom is 0.131 e. The molecule has 0 radical (unpaired) electrons. The lowest BCUT2D eigenvalue weighted by Crippen LogP contribution is -2.46. The van der Waals surface area contributed by atoms with Crippen LogP contribution in [0.3, 0.4) is 0 Å². The van der Waals surface area contributed by atoms with Gasteiger partial charge in [0.25, 0.3) is 0 Å². The highest BCUT2D eigenvalue weighted by atomic mass is 35.5. The summed E-state index contributed by atoms with van der Waals surface area (Å²) in [6.07, 6.45) is 0. The normalized spacial score (nSPS) is 18.4. The number of rotatable bonds is 4. The molecule has 1 aromatic rings. The second kappa shape index (κ2) is 6.02. The summed E-state index contributed by atoms with van der Waals surface area (Å²) in [5.41, 5.74) is 2.15. The number of hydrogen-bond acceptors (Lipinski definition) is 4. The Labute approximate surface area is 113 Å². The van der Waals surface area contributed by atoms with Gasteiger partial charge in [-0.3, -0.25) is 14.5 Å². The molecule has 1 N–H and O–H groups in total. The minimum absolute atomic E-state index is 0.244. The molecular weight excluding hydrogens is 252 g/mol. The van der Waals surface area contributed by atoms with Crippen LogP contribution in [0.1, 0.15) is 11.3 Å². The van der Waals surface area contributed by atoms with E-state index < -0.39 is 0 Å². The van der Waals surface area contributed by atoms with Crippen LogP contribution in [-0.4, -0.2) is 64.0 Å². The molecule has 0 aliphatic carbocycles. The third-order valence-corrected chi connectivity index (χ3v) is 4.01. The second-order valence-electron chi connectivity index (χ2n) is 4.82. The van der Waals surface area contributed by atoms with E-state index in [1.54, 1.807) is 4.68 Å². The van der Waals surface area contributed by atoms with Crippen molar-refractivity contribution in [1.82, 2.24) is 19.6 Å². The fourth-order valence-electron chi connectivity index (χ4n) is 2.39. The largest absolute Gasteiger partial charge is 0.395 e. The van der Waals surface area contributed by atoms with Gasteiger partial charge in [-0.1, -0.05) is 11.6 Å². The Bertz CT molecular complexity index is 399. The van der Waals surface area contributed by atoms with Crippen LogP contribution in [0.2, 0.25) is 5.15 Å². The number of piperazine rings is 1. The van der Waals surface area contributed by atoms with E-state index in [4.69, 9.17) is 16.7 Å². The first kappa shape index (κ1) is 13.8. The van der Waals surface area contributed by atoms with E-state index in [9.17, 15) is 0 Å². The van der Waals surface area contributed by atoms with E-state index in [1.165, 1.54) is 0 Å². The lowest BCUT2D eigenvalue weighted by molar-refractivity contribution is 0.108. The molecule has 6 heteroatoms. The maximum absolute atomic E-state index is 8.91. The number of aliphatic hydroxyl groups excluding tert-OH is 1. The number of hydrogen-bond donors (Lipinski definition) is 1. The average Bonchev–Trinajstić information content (AvgIpc) is 2.59. The molecule has 1 fully saturated rings. The molecule has 0 bridgehead atoms. The van der Waals surface area contributed by atoms with Crippen molar-refractivity contribution in [2.45, 2.75) is 13.5 Å². The molecule has 1 aliphatic rings. The number of halogens is 1. The highest BCUT2D eigenvalue weighted by Gasteiger charge is 2.19. The third-order valence-electron chi connectivity index (χ3n) is 3.53. The molecule has 1 saturated heterocycles. The number of aromatic nitrogens is 2. The van der Waals surface area contributed by atoms with E-state index in [1.807, 2.05) is 14.0 Å². The fraction of sp³-hybridized carbons (Fsp3) is 0.750. The zero-order valence-electron chi connectivity index (χ0n) is 11.1. The lowest BCUT2D eigenvalue weighted by Gasteiger charge is -2.34. The monoisotopic (exact) mass is 272 g/mol. The molecule has 1 aliphatic heterocycles. The maximum atomic E-state index is 8.91. The molecule has 0 saturated carbocycles. The highest BCUT2D eigenvalue weighted by molar-refractivity contribution is 6.30. The van der Waals surface area contributed by atoms with Gasteiger partial charge >= 0.3 is 0 Å². The van der Waals surface area contributed by atoms with E-state index in [-0.39, 0.29) is 6.61 Å². The van der Waals surface area contributed by atoms with Crippen molar-refractivity contribution in [3.05, 3.63) is 16.4 Å². The number of β-amino-alcohol motifs (C(OH)–C–C–N with tert-alkyl or cyclic N) is 1. The average molecular weight is 273 g/mol. The Balaban J connectivity index is 1.91. The van der Waals surface area contributed by atoms with Crippen LogP contribution in [0, 0.1) is 6.92 Å². The van der Waals surface area contributed by atoms with Gasteiger partial charge in [0.1, 0.15) is 5.15 Å². The van der Waals surface area contributed by atoms with Crippen LogP contribution in [-0.2, 0) is 13.6 Å². The van der Waals surface area contributed by atoms with Crippen molar-refractivity contribution in [3.8, 4) is 0 Å². The molecule has 18 heavy (non-hydrogen) atoms. The van der Waals surface area contributed by atoms with Gasteiger partial charge in [-0.25, -0.2) is 0 Å². The van der Waals surface area contributed by atoms with Crippen LogP contribution in [0.25, 0.3) is 0 Å². The second-order valence-corrected chi connectivity index (χ2v) is 5.18. The topological polar surface area (TPSA) is 44.5 Å². The van der Waals surface area contributed by atoms with Crippen LogP contribution in [0.4, 0.5) is 0 Å². The summed E-state index contributed by atoms with van der Waals surface area (Å²) in [6.45, 7) is 7.95. The van der Waals surface area contributed by atoms with E-state index in [0.29, 0.717) is 0 Å². The highest BCUT2D eigenvalue weighted by Crippen LogP contribution is 2.21. The van der Waals surface area contributed by atoms with Crippen molar-refractivity contribution in [1.29, 1.82) is 0 Å². The summed E-state index contributed by atoms with van der Waals surface area (Å²) in [7, 11) is 1.87. The van der Waals surface area contributed by atoms with Gasteiger partial charge in [0.15, 0.2) is 0 Å². The molecule has 5 nitrogen and oxygen atoms in total. The summed E-state index contributed by atoms with van der Waals surface area (Å²) in [4.78, 5) is 4.68. The predicted molar refractivity (Wildman–Crippen MR) is 71.8 cm³/mol. The first-order valence-electron chi connectivity index (χ1n) is 6.35. The van der Waals surface area contributed by atoms with E-state index in [2.05, 4.69) is 14.9 Å². The molecule has 0 unspecified atom stereocenters. The zero-order chi connectivity index (χ0) is 13.1. The van der Waals surface area contributed by atoms with Gasteiger partial charge in [0.05, 0.1) is 12.3 Å². The SMILES string of the molecule is Cc1nn(C)c(Cl)c1CN1CCN(CCO)CC1. The Morgan fingerprint density at radius 3 is 2.33 bits per heavy atom. The number of nitrogens with zero attached hydrogens (tertiary/aromatic N) is 4. The quantitative estimate of drug-likeness (QED) is 0.867. The Hall–Kier alpha value is -0.620. The van der Waals surface area contributed by atoms with Crippen molar-refractivity contribution >= 4 is 11.6 Å². The summed E-state index contributed by atoms with van der Waals surface area (Å²) in [5, 5.41) is 14.0. The van der Waals surface area contributed by atoms with Crippen LogP contribution >= 0.6 is 11.6 Å². The Kier molecular flexibility index (Phi) is 4.61. The lowest BCUT2D eigenvalue weighted by atomic mass is 10.2. The molecule has 0 aromatic carbocycles. The first-order chi connectivity index (χ1) is 8.61. The van der Waals surface area contributed by atoms with Gasteiger partial charge in [-0.15, -0.1) is 0 Å². The smallest absolute Gasteiger partial charge is 0.131 e. The molecule has 0 atom stereocenters. The molecule has 2 rings (SSSR count). The first-order valence-corrected chi connectivity index (χ1v) is 6.73. The van der Waals surface area contributed by atoms with Crippen LogP contribution in [0.5, 0.6) is 0 Å². The summed E-state index contributed by atoms with van der Waals surface area (Å²) >= 11 is 6.24. The van der Waals surface area contributed by atoms with Gasteiger partial charge in [0, 0.05) is 51.9 Å². The van der Waals surface area contributed by atoms with Crippen LogP contribution in [0.15, 0.2) is 0 Å². The van der Waals surface area contributed by atoms with E-state index >= 15 is 0 Å². The van der Waals surface area contributed by atoms with E-state index in [0.717, 1.165) is 55.7 Å². The van der Waals surface area contributed by atoms with Crippen LogP contribution < -0.4 is 0 Å². The summed E-state index contributed by atoms with van der Waals surface area (Å²) < 4.78 is 1.73. The predicted octanol–water partition coefficient (Wildman–Crippen LogP) is 0.492. The minimum Gasteiger partial charge on any atom is -0.395 e. The fourth-order valence-corrected chi connectivity index (χ4v) is 2.62. The van der Waals surface area contributed by atoms with Gasteiger partial charge in [0.2, 0.25) is 0 Å². The summed E-state index contributed by atoms with van der Waals surface area (Å²) in [5.74, 6) is 0. The Morgan fingerprint density at radius 1 is 1.22 bits per heavy atom. The van der Waals surface area contributed by atoms with Crippen molar-refractivity contribution in [2.75, 3.05) is 39.3 Å². The molecule has 0 amide bonds. The molecule has 2 heterocycles. The zero-order valence-corrected chi connectivity index (χ0v) is 11.8. The standard InChI is InChI=1S/C12H21ClN4O/c1-10-11(12(13)15(2)14-10)9-17-5-3-16(4-6-17)7-8-18/h18H,3-9H2,1-2H3. The number of aryl methyl sites for hydroxylation is 2. The van der Waals surface area contributed by atoms with Gasteiger partial charge < -0.3 is 5.11 Å². The molecular formula is C12H21ClN4O. The molecule has 102 valence electrons. The van der Waals surface area contributed by atoms with Gasteiger partial charge in [-0.2, -0.15) is 5.10 Å². The van der Waals surface area contributed by atoms with Gasteiger partial charge in [-0.05, 0) is 6.92 Å². The van der Waals surface area contributed by atoms with Crippen molar-refractivity contribution in [2.24, 2.45) is 7.05 Å². The molecule has 0 spiro atoms. The minimum atomic E-state index is 0.244. The van der Waals surface area contributed by atoms with Crippen molar-refractivity contribution in [3.63, 3.8) is 0 Å². The third kappa shape index (κ3) is 3.03. The number of aliphatic hydroxyl groups is 1. The Morgan fingerprint density at radius 2 is 1.83 bits per heavy atom. The van der Waals surface area contributed by atoms with Crippen molar-refractivity contribution < 1.29 is 5.11 Å². The summed E-state index contributed by atoms with van der Waals surface area (Å²) in [6, 6.07) is 0. The molecule has 1 aromatic heterocycles.